The van der Waals surface area contributed by atoms with E-state index in [1.165, 1.54) is 7.11 Å². The number of hydrogen-bond acceptors (Lipinski definition) is 3. The molecule has 1 amide bonds. The number of anilines is 1. The lowest BCUT2D eigenvalue weighted by Gasteiger charge is -2.19. The number of nitrogens with one attached hydrogen (secondary N) is 2. The molecular weight excluding hydrogens is 404 g/mol. The molecule has 3 rings (SSSR count). The standard InChI is InChI=1S/C26H26N2O4/c1-17(2)11-14-20-22(32-3)16-19(13-12-18-8-5-4-6-9-18)23(26(30)31)24(20)28-25(29)21-10-7-15-27-21/h4-10,12-13,15-16,27H,1,11,14H2,2-3H3,(H,28,29)(H,30,31)/b13-12+. The van der Waals surface area contributed by atoms with Gasteiger partial charge >= 0.3 is 5.97 Å². The van der Waals surface area contributed by atoms with Crippen molar-refractivity contribution in [2.45, 2.75) is 19.8 Å². The Balaban J connectivity index is 2.17. The second-order valence-electron chi connectivity index (χ2n) is 7.44. The molecule has 0 fully saturated rings. The van der Waals surface area contributed by atoms with Crippen molar-refractivity contribution < 1.29 is 19.4 Å². The molecule has 0 radical (unpaired) electrons. The summed E-state index contributed by atoms with van der Waals surface area (Å²) in [6.45, 7) is 5.84. The lowest BCUT2D eigenvalue weighted by molar-refractivity contribution is 0.0697. The van der Waals surface area contributed by atoms with Gasteiger partial charge in [0.2, 0.25) is 0 Å². The Kier molecular flexibility index (Phi) is 7.29. The van der Waals surface area contributed by atoms with E-state index in [-0.39, 0.29) is 11.3 Å². The molecular formula is C26H26N2O4. The van der Waals surface area contributed by atoms with Crippen molar-refractivity contribution in [3.8, 4) is 5.75 Å². The van der Waals surface area contributed by atoms with E-state index in [1.807, 2.05) is 43.3 Å². The fourth-order valence-electron chi connectivity index (χ4n) is 3.39. The Morgan fingerprint density at radius 2 is 1.91 bits per heavy atom. The number of carboxylic acids is 1. The third-order valence-electron chi connectivity index (χ3n) is 5.00. The van der Waals surface area contributed by atoms with E-state index in [9.17, 15) is 14.7 Å². The molecule has 2 aromatic carbocycles. The molecule has 0 aliphatic carbocycles. The van der Waals surface area contributed by atoms with Crippen LogP contribution in [-0.2, 0) is 6.42 Å². The van der Waals surface area contributed by atoms with Crippen molar-refractivity contribution >= 4 is 29.7 Å². The Morgan fingerprint density at radius 3 is 2.50 bits per heavy atom. The summed E-state index contributed by atoms with van der Waals surface area (Å²) in [6, 6.07) is 14.6. The number of carbonyl (C=O) groups excluding carboxylic acids is 1. The van der Waals surface area contributed by atoms with Crippen molar-refractivity contribution in [2.75, 3.05) is 12.4 Å². The van der Waals surface area contributed by atoms with E-state index in [0.717, 1.165) is 11.1 Å². The van der Waals surface area contributed by atoms with Crippen LogP contribution in [0.25, 0.3) is 12.2 Å². The molecule has 0 bridgehead atoms. The lowest BCUT2D eigenvalue weighted by atomic mass is 9.94. The fraction of sp³-hybridized carbons (Fsp3) is 0.154. The maximum Gasteiger partial charge on any atom is 0.338 e. The average Bonchev–Trinajstić information content (AvgIpc) is 3.32. The summed E-state index contributed by atoms with van der Waals surface area (Å²) in [5.74, 6) is -1.07. The quantitative estimate of drug-likeness (QED) is 0.302. The average molecular weight is 431 g/mol. The number of benzene rings is 2. The largest absolute Gasteiger partial charge is 0.496 e. The molecule has 0 saturated carbocycles. The topological polar surface area (TPSA) is 91.4 Å². The predicted molar refractivity (Wildman–Crippen MR) is 127 cm³/mol. The molecule has 0 atom stereocenters. The van der Waals surface area contributed by atoms with E-state index in [1.54, 1.807) is 30.5 Å². The molecule has 3 N–H and O–H groups in total. The third-order valence-corrected chi connectivity index (χ3v) is 5.00. The highest BCUT2D eigenvalue weighted by Crippen LogP contribution is 2.36. The number of methoxy groups -OCH3 is 1. The number of H-pyrrole nitrogens is 1. The van der Waals surface area contributed by atoms with Crippen molar-refractivity contribution in [1.82, 2.24) is 4.98 Å². The van der Waals surface area contributed by atoms with Gasteiger partial charge in [-0.2, -0.15) is 0 Å². The summed E-state index contributed by atoms with van der Waals surface area (Å²) < 4.78 is 5.60. The number of amides is 1. The minimum Gasteiger partial charge on any atom is -0.496 e. The fourth-order valence-corrected chi connectivity index (χ4v) is 3.39. The normalized spacial score (nSPS) is 10.8. The number of aromatic carboxylic acids is 1. The Bertz CT molecular complexity index is 1150. The number of carboxylic acid groups (broad SMARTS) is 1. The summed E-state index contributed by atoms with van der Waals surface area (Å²) in [6.07, 6.45) is 6.27. The van der Waals surface area contributed by atoms with Crippen LogP contribution in [-0.4, -0.2) is 29.1 Å². The molecule has 0 aliphatic rings. The summed E-state index contributed by atoms with van der Waals surface area (Å²) in [7, 11) is 1.53. The maximum atomic E-state index is 12.8. The molecule has 1 aromatic heterocycles. The number of aromatic nitrogens is 1. The van der Waals surface area contributed by atoms with Crippen molar-refractivity contribution in [3.05, 3.63) is 94.8 Å². The van der Waals surface area contributed by atoms with E-state index < -0.39 is 11.9 Å². The molecule has 1 heterocycles. The third kappa shape index (κ3) is 5.35. The SMILES string of the molecule is C=C(C)CCc1c(OC)cc(/C=C/c2ccccc2)c(C(=O)O)c1NC(=O)c1ccc[nH]1. The molecule has 6 heteroatoms. The maximum absolute atomic E-state index is 12.8. The molecule has 0 unspecified atom stereocenters. The number of rotatable bonds is 9. The highest BCUT2D eigenvalue weighted by Gasteiger charge is 2.24. The number of carbonyl (C=O) groups is 2. The number of hydrogen-bond donors (Lipinski definition) is 3. The first-order valence-electron chi connectivity index (χ1n) is 10.2. The van der Waals surface area contributed by atoms with Crippen LogP contribution in [0, 0.1) is 0 Å². The van der Waals surface area contributed by atoms with Crippen LogP contribution >= 0.6 is 0 Å². The number of allylic oxidation sites excluding steroid dienone is 1. The first-order chi connectivity index (χ1) is 15.4. The van der Waals surface area contributed by atoms with Crippen molar-refractivity contribution in [3.63, 3.8) is 0 Å². The summed E-state index contributed by atoms with van der Waals surface area (Å²) in [5, 5.41) is 12.9. The van der Waals surface area contributed by atoms with Crippen molar-refractivity contribution in [1.29, 1.82) is 0 Å². The second kappa shape index (κ2) is 10.3. The van der Waals surface area contributed by atoms with Gasteiger partial charge in [0.25, 0.3) is 5.91 Å². The van der Waals surface area contributed by atoms with Gasteiger partial charge in [0.05, 0.1) is 18.4 Å². The van der Waals surface area contributed by atoms with Gasteiger partial charge in [0.1, 0.15) is 11.4 Å². The zero-order valence-electron chi connectivity index (χ0n) is 18.1. The first-order valence-corrected chi connectivity index (χ1v) is 10.2. The zero-order chi connectivity index (χ0) is 23.1. The highest BCUT2D eigenvalue weighted by molar-refractivity contribution is 6.09. The molecule has 0 aliphatic heterocycles. The Hall–Kier alpha value is -4.06. The molecule has 0 saturated heterocycles. The van der Waals surface area contributed by atoms with Gasteiger partial charge in [0.15, 0.2) is 0 Å². The predicted octanol–water partition coefficient (Wildman–Crippen LogP) is 5.65. The molecule has 0 spiro atoms. The van der Waals surface area contributed by atoms with Gasteiger partial charge in [-0.1, -0.05) is 48.1 Å². The van der Waals surface area contributed by atoms with Crippen LogP contribution in [0.4, 0.5) is 5.69 Å². The minimum atomic E-state index is -1.14. The van der Waals surface area contributed by atoms with Crippen LogP contribution in [0.15, 0.2) is 66.9 Å². The Labute approximate surface area is 187 Å². The second-order valence-corrected chi connectivity index (χ2v) is 7.44. The van der Waals surface area contributed by atoms with E-state index in [2.05, 4.69) is 16.9 Å². The first kappa shape index (κ1) is 22.6. The highest BCUT2D eigenvalue weighted by atomic mass is 16.5. The smallest absolute Gasteiger partial charge is 0.338 e. The lowest BCUT2D eigenvalue weighted by Crippen LogP contribution is -2.18. The minimum absolute atomic E-state index is 0.00889. The van der Waals surface area contributed by atoms with Gasteiger partial charge in [-0.3, -0.25) is 4.79 Å². The van der Waals surface area contributed by atoms with Gasteiger partial charge in [0, 0.05) is 11.8 Å². The van der Waals surface area contributed by atoms with E-state index in [4.69, 9.17) is 4.74 Å². The summed E-state index contributed by atoms with van der Waals surface area (Å²) in [5.41, 5.74) is 3.48. The summed E-state index contributed by atoms with van der Waals surface area (Å²) in [4.78, 5) is 28.0. The Morgan fingerprint density at radius 1 is 1.16 bits per heavy atom. The molecule has 32 heavy (non-hydrogen) atoms. The summed E-state index contributed by atoms with van der Waals surface area (Å²) >= 11 is 0. The van der Waals surface area contributed by atoms with Crippen molar-refractivity contribution in [2.24, 2.45) is 0 Å². The van der Waals surface area contributed by atoms with Crippen LogP contribution in [0.3, 0.4) is 0 Å². The number of ether oxygens (including phenoxy) is 1. The van der Waals surface area contributed by atoms with Crippen LogP contribution in [0.5, 0.6) is 5.75 Å². The zero-order valence-corrected chi connectivity index (χ0v) is 18.1. The van der Waals surface area contributed by atoms with Gasteiger partial charge in [-0.25, -0.2) is 4.79 Å². The van der Waals surface area contributed by atoms with Crippen LogP contribution in [0.2, 0.25) is 0 Å². The van der Waals surface area contributed by atoms with Gasteiger partial charge in [-0.15, -0.1) is 6.58 Å². The molecule has 3 aromatic rings. The van der Waals surface area contributed by atoms with Crippen LogP contribution < -0.4 is 10.1 Å². The molecule has 6 nitrogen and oxygen atoms in total. The molecule has 164 valence electrons. The monoisotopic (exact) mass is 430 g/mol. The number of aromatic amines is 1. The van der Waals surface area contributed by atoms with Crippen LogP contribution in [0.1, 0.15) is 50.9 Å². The van der Waals surface area contributed by atoms with E-state index in [0.29, 0.717) is 35.4 Å². The van der Waals surface area contributed by atoms with Gasteiger partial charge < -0.3 is 20.1 Å². The van der Waals surface area contributed by atoms with E-state index >= 15 is 0 Å². The van der Waals surface area contributed by atoms with Gasteiger partial charge in [-0.05, 0) is 49.1 Å².